The molecule has 2 heterocycles. The normalized spacial score (nSPS) is 18.8. The van der Waals surface area contributed by atoms with Crippen LogP contribution in [0.1, 0.15) is 24.2 Å². The molecule has 3 aromatic rings. The van der Waals surface area contributed by atoms with Gasteiger partial charge in [-0.1, -0.05) is 0 Å². The third-order valence-electron chi connectivity index (χ3n) is 5.81. The highest BCUT2D eigenvalue weighted by atomic mass is 32.2. The predicted molar refractivity (Wildman–Crippen MR) is 133 cm³/mol. The van der Waals surface area contributed by atoms with Crippen molar-refractivity contribution in [1.29, 1.82) is 5.41 Å². The van der Waals surface area contributed by atoms with E-state index in [1.165, 1.54) is 24.3 Å². The number of rotatable bonds is 5. The van der Waals surface area contributed by atoms with Gasteiger partial charge in [-0.2, -0.15) is 0 Å². The van der Waals surface area contributed by atoms with Crippen molar-refractivity contribution < 1.29 is 30.4 Å². The van der Waals surface area contributed by atoms with Crippen LogP contribution >= 0.6 is 0 Å². The van der Waals surface area contributed by atoms with E-state index in [0.29, 0.717) is 39.1 Å². The fraction of sp³-hybridized carbons (Fsp3) is 0.348. The Labute approximate surface area is 203 Å². The first-order valence-electron chi connectivity index (χ1n) is 10.7. The summed E-state index contributed by atoms with van der Waals surface area (Å²) in [5.74, 6) is -0.369. The predicted octanol–water partition coefficient (Wildman–Crippen LogP) is 3.05. The van der Waals surface area contributed by atoms with Crippen LogP contribution < -0.4 is 9.62 Å². The van der Waals surface area contributed by atoms with E-state index < -0.39 is 37.9 Å². The van der Waals surface area contributed by atoms with Gasteiger partial charge in [-0.05, 0) is 37.3 Å². The second-order valence-corrected chi connectivity index (χ2v) is 12.7. The molecule has 0 fully saturated rings. The molecule has 0 saturated heterocycles. The van der Waals surface area contributed by atoms with Gasteiger partial charge in [0.25, 0.3) is 0 Å². The molecule has 9 nitrogen and oxygen atoms in total. The minimum Gasteiger partial charge on any atom is -0.455 e. The Morgan fingerprint density at radius 3 is 2.40 bits per heavy atom. The number of halogens is 1. The molecule has 0 radical (unpaired) electrons. The molecule has 2 aromatic carbocycles. The standard InChI is InChI=1S/C23H26FN3O6S2/c1-13-17-9-18-20(33-22(21(18)23(25)26-2)14-5-7-15(24)8-6-14)10-19(17)27(35(4,30)31)11-16(32-13)12-34(3,28)29/h5-10,13,16H,11-12H2,1-4H3,(H2,25,26)/t13-,16-/m0/s1. The zero-order valence-corrected chi connectivity index (χ0v) is 21.3. The van der Waals surface area contributed by atoms with Crippen LogP contribution in [-0.4, -0.2) is 60.6 Å². The molecule has 188 valence electrons. The SMILES string of the molecule is CNC(=N)c1c(-c2ccc(F)cc2)oc2cc3c(cc12)[C@H](C)O[C@H](CS(C)(=O)=O)CN3S(C)(=O)=O. The van der Waals surface area contributed by atoms with E-state index in [4.69, 9.17) is 14.6 Å². The molecule has 35 heavy (non-hydrogen) atoms. The highest BCUT2D eigenvalue weighted by molar-refractivity contribution is 7.92. The van der Waals surface area contributed by atoms with E-state index in [9.17, 15) is 21.2 Å². The van der Waals surface area contributed by atoms with Crippen LogP contribution in [0.25, 0.3) is 22.3 Å². The van der Waals surface area contributed by atoms with Gasteiger partial charge in [0.1, 0.15) is 32.8 Å². The summed E-state index contributed by atoms with van der Waals surface area (Å²) in [6.07, 6.45) is 0.596. The number of hydrogen-bond acceptors (Lipinski definition) is 7. The van der Waals surface area contributed by atoms with Crippen molar-refractivity contribution in [3.63, 3.8) is 0 Å². The molecule has 12 heteroatoms. The average Bonchev–Trinajstić information content (AvgIpc) is 3.06. The Hall–Kier alpha value is -2.96. The summed E-state index contributed by atoms with van der Waals surface area (Å²) in [5.41, 5.74) is 2.11. The minimum atomic E-state index is -3.80. The van der Waals surface area contributed by atoms with E-state index >= 15 is 0 Å². The smallest absolute Gasteiger partial charge is 0.232 e. The van der Waals surface area contributed by atoms with Gasteiger partial charge in [0.05, 0.1) is 42.0 Å². The number of fused-ring (bicyclic) bond motifs is 2. The molecule has 2 N–H and O–H groups in total. The van der Waals surface area contributed by atoms with Gasteiger partial charge in [-0.3, -0.25) is 9.71 Å². The topological polar surface area (TPSA) is 130 Å². The van der Waals surface area contributed by atoms with E-state index in [1.54, 1.807) is 26.1 Å². The van der Waals surface area contributed by atoms with Crippen LogP contribution in [-0.2, 0) is 24.6 Å². The molecule has 0 amide bonds. The molecule has 0 spiro atoms. The lowest BCUT2D eigenvalue weighted by Crippen LogP contribution is -2.39. The molecule has 1 aromatic heterocycles. The summed E-state index contributed by atoms with van der Waals surface area (Å²) in [4.78, 5) is 0. The Kier molecular flexibility index (Phi) is 6.41. The molecule has 0 aliphatic carbocycles. The van der Waals surface area contributed by atoms with Gasteiger partial charge in [0.15, 0.2) is 0 Å². The lowest BCUT2D eigenvalue weighted by Gasteiger charge is -2.24. The number of amidine groups is 1. The molecule has 2 atom stereocenters. The summed E-state index contributed by atoms with van der Waals surface area (Å²) in [6, 6.07) is 8.91. The number of anilines is 1. The second kappa shape index (κ2) is 8.92. The monoisotopic (exact) mass is 523 g/mol. The van der Waals surface area contributed by atoms with Crippen LogP contribution in [0.4, 0.5) is 10.1 Å². The van der Waals surface area contributed by atoms with Crippen LogP contribution in [0.5, 0.6) is 0 Å². The lowest BCUT2D eigenvalue weighted by atomic mass is 10.0. The first-order chi connectivity index (χ1) is 16.3. The Balaban J connectivity index is 1.96. The minimum absolute atomic E-state index is 0.0557. The van der Waals surface area contributed by atoms with E-state index in [0.717, 1.165) is 16.8 Å². The zero-order chi connectivity index (χ0) is 25.7. The fourth-order valence-corrected chi connectivity index (χ4v) is 6.11. The fourth-order valence-electron chi connectivity index (χ4n) is 4.30. The largest absolute Gasteiger partial charge is 0.455 e. The van der Waals surface area contributed by atoms with Gasteiger partial charge in [-0.25, -0.2) is 21.2 Å². The number of hydrogen-bond donors (Lipinski definition) is 2. The zero-order valence-electron chi connectivity index (χ0n) is 19.6. The van der Waals surface area contributed by atoms with Crippen LogP contribution in [0.15, 0.2) is 40.8 Å². The van der Waals surface area contributed by atoms with Gasteiger partial charge >= 0.3 is 0 Å². The summed E-state index contributed by atoms with van der Waals surface area (Å²) < 4.78 is 76.1. The van der Waals surface area contributed by atoms with E-state index in [2.05, 4.69) is 5.32 Å². The number of sulfone groups is 1. The van der Waals surface area contributed by atoms with Crippen molar-refractivity contribution >= 4 is 42.4 Å². The van der Waals surface area contributed by atoms with Crippen molar-refractivity contribution in [2.45, 2.75) is 19.1 Å². The molecule has 1 aliphatic rings. The maximum absolute atomic E-state index is 13.5. The van der Waals surface area contributed by atoms with Crippen LogP contribution in [0.3, 0.4) is 0 Å². The number of benzene rings is 2. The Morgan fingerprint density at radius 1 is 1.17 bits per heavy atom. The number of ether oxygens (including phenoxy) is 1. The quantitative estimate of drug-likeness (QED) is 0.388. The van der Waals surface area contributed by atoms with Gasteiger partial charge in [0.2, 0.25) is 10.0 Å². The van der Waals surface area contributed by atoms with Crippen molar-refractivity contribution in [2.24, 2.45) is 0 Å². The third kappa shape index (κ3) is 5.04. The lowest BCUT2D eigenvalue weighted by molar-refractivity contribution is 0.0193. The van der Waals surface area contributed by atoms with Crippen molar-refractivity contribution in [1.82, 2.24) is 5.32 Å². The molecule has 0 unspecified atom stereocenters. The first kappa shape index (κ1) is 25.1. The van der Waals surface area contributed by atoms with Crippen LogP contribution in [0.2, 0.25) is 0 Å². The highest BCUT2D eigenvalue weighted by Gasteiger charge is 2.34. The second-order valence-electron chi connectivity index (χ2n) is 8.63. The molecular formula is C23H26FN3O6S2. The van der Waals surface area contributed by atoms with E-state index in [-0.39, 0.29) is 18.1 Å². The summed E-state index contributed by atoms with van der Waals surface area (Å²) in [5, 5.41) is 11.8. The Morgan fingerprint density at radius 2 is 1.83 bits per heavy atom. The maximum atomic E-state index is 13.5. The summed E-state index contributed by atoms with van der Waals surface area (Å²) in [6.45, 7) is 1.54. The molecule has 0 bridgehead atoms. The highest BCUT2D eigenvalue weighted by Crippen LogP contribution is 2.42. The number of sulfonamides is 1. The number of nitrogens with zero attached hydrogens (tertiary/aromatic N) is 1. The maximum Gasteiger partial charge on any atom is 0.232 e. The van der Waals surface area contributed by atoms with Gasteiger partial charge in [-0.15, -0.1) is 0 Å². The first-order valence-corrected chi connectivity index (χ1v) is 14.6. The molecule has 0 saturated carbocycles. The average molecular weight is 524 g/mol. The van der Waals surface area contributed by atoms with E-state index in [1.807, 2.05) is 0 Å². The number of nitrogens with one attached hydrogen (secondary N) is 2. The van der Waals surface area contributed by atoms with Crippen molar-refractivity contribution in [2.75, 3.05) is 36.2 Å². The number of furan rings is 1. The third-order valence-corrected chi connectivity index (χ3v) is 7.93. The van der Waals surface area contributed by atoms with Gasteiger partial charge in [0, 0.05) is 35.9 Å². The van der Waals surface area contributed by atoms with Crippen molar-refractivity contribution in [3.8, 4) is 11.3 Å². The summed E-state index contributed by atoms with van der Waals surface area (Å²) in [7, 11) is -5.65. The summed E-state index contributed by atoms with van der Waals surface area (Å²) >= 11 is 0. The van der Waals surface area contributed by atoms with Gasteiger partial charge < -0.3 is 14.5 Å². The molecule has 4 rings (SSSR count). The molecule has 1 aliphatic heterocycles. The van der Waals surface area contributed by atoms with Crippen LogP contribution in [0, 0.1) is 11.2 Å². The molecular weight excluding hydrogens is 497 g/mol. The van der Waals surface area contributed by atoms with Crippen molar-refractivity contribution in [3.05, 3.63) is 53.3 Å². The Bertz CT molecular complexity index is 1510.